The molecule has 4 aromatic heterocycles. The molecule has 0 saturated heterocycles. The summed E-state index contributed by atoms with van der Waals surface area (Å²) in [6.07, 6.45) is 0. The van der Waals surface area contributed by atoms with Crippen LogP contribution in [0.4, 0.5) is 0 Å². The zero-order chi connectivity index (χ0) is 35.1. The van der Waals surface area contributed by atoms with Crippen LogP contribution in [-0.2, 0) is 0 Å². The molecule has 0 amide bonds. The Labute approximate surface area is 306 Å². The highest BCUT2D eigenvalue weighted by atomic mass is 16.3. The summed E-state index contributed by atoms with van der Waals surface area (Å²) in [4.78, 5) is 0. The van der Waals surface area contributed by atoms with Gasteiger partial charge in [0, 0.05) is 65.3 Å². The van der Waals surface area contributed by atoms with Gasteiger partial charge in [0.1, 0.15) is 44.7 Å². The summed E-state index contributed by atoms with van der Waals surface area (Å²) in [5.74, 6) is 0. The SMILES string of the molecule is c1ccc2c(c1)oc1ccc3oc4c(-c5c6ccccc6c(-c6cccc7c6oc6ccc8oc9ccccc9c8c67)c6ccccc56)cccc4c3c12. The maximum Gasteiger partial charge on any atom is 0.143 e. The van der Waals surface area contributed by atoms with Crippen LogP contribution in [-0.4, -0.2) is 0 Å². The molecule has 0 radical (unpaired) electrons. The highest BCUT2D eigenvalue weighted by Crippen LogP contribution is 2.50. The quantitative estimate of drug-likeness (QED) is 0.169. The van der Waals surface area contributed by atoms with Crippen LogP contribution in [0.3, 0.4) is 0 Å². The van der Waals surface area contributed by atoms with Crippen LogP contribution in [0, 0.1) is 0 Å². The molecule has 0 fully saturated rings. The number of para-hydroxylation sites is 4. The number of rotatable bonds is 2. The van der Waals surface area contributed by atoms with Crippen molar-refractivity contribution in [3.63, 3.8) is 0 Å². The first-order valence-corrected chi connectivity index (χ1v) is 18.3. The van der Waals surface area contributed by atoms with E-state index in [9.17, 15) is 0 Å². The number of benzene rings is 9. The molecule has 0 bridgehead atoms. The smallest absolute Gasteiger partial charge is 0.143 e. The summed E-state index contributed by atoms with van der Waals surface area (Å²) in [5.41, 5.74) is 11.3. The predicted octanol–water partition coefficient (Wildman–Crippen LogP) is 14.9. The number of hydrogen-bond donors (Lipinski definition) is 0. The highest BCUT2D eigenvalue weighted by Gasteiger charge is 2.24. The second-order valence-corrected chi connectivity index (χ2v) is 14.2. The fourth-order valence-electron chi connectivity index (χ4n) is 9.31. The lowest BCUT2D eigenvalue weighted by Gasteiger charge is -2.18. The van der Waals surface area contributed by atoms with E-state index in [0.717, 1.165) is 132 Å². The van der Waals surface area contributed by atoms with Gasteiger partial charge in [0.2, 0.25) is 0 Å². The molecular formula is C50H26O4. The minimum atomic E-state index is 0.845. The third-order valence-electron chi connectivity index (χ3n) is 11.5. The maximum atomic E-state index is 6.86. The minimum absolute atomic E-state index is 0.845. The standard InChI is InChI=1S/C50H26O4/c1-2-12-28-27(11-1)43(33-17-9-19-35-47-41(53-49(33)35)25-23-39-45(47)31-15-5-7-21-37(31)51-39)29-13-3-4-14-30(29)44(28)34-18-10-20-36-48-42(54-50(34)36)26-24-40-46(48)32-16-6-8-22-38(32)52-40/h1-26H. The van der Waals surface area contributed by atoms with Gasteiger partial charge >= 0.3 is 0 Å². The van der Waals surface area contributed by atoms with Gasteiger partial charge in [-0.05, 0) is 57.9 Å². The molecule has 4 heteroatoms. The maximum absolute atomic E-state index is 6.86. The fourth-order valence-corrected chi connectivity index (χ4v) is 9.31. The topological polar surface area (TPSA) is 52.6 Å². The molecule has 0 aliphatic carbocycles. The molecule has 0 aliphatic heterocycles. The molecule has 0 aliphatic rings. The molecule has 250 valence electrons. The van der Waals surface area contributed by atoms with Gasteiger partial charge in [0.05, 0.1) is 0 Å². The summed E-state index contributed by atoms with van der Waals surface area (Å²) in [6, 6.07) is 55.1. The Morgan fingerprint density at radius 1 is 0.222 bits per heavy atom. The van der Waals surface area contributed by atoms with Crippen LogP contribution in [0.25, 0.3) is 132 Å². The summed E-state index contributed by atoms with van der Waals surface area (Å²) in [5, 5.41) is 13.2. The molecule has 0 atom stereocenters. The molecule has 0 saturated carbocycles. The highest BCUT2D eigenvalue weighted by molar-refractivity contribution is 6.31. The van der Waals surface area contributed by atoms with E-state index in [1.54, 1.807) is 0 Å². The summed E-state index contributed by atoms with van der Waals surface area (Å²) < 4.78 is 26.3. The molecule has 0 unspecified atom stereocenters. The molecule has 13 rings (SSSR count). The predicted molar refractivity (Wildman–Crippen MR) is 221 cm³/mol. The largest absolute Gasteiger partial charge is 0.456 e. The minimum Gasteiger partial charge on any atom is -0.456 e. The molecule has 4 heterocycles. The molecule has 54 heavy (non-hydrogen) atoms. The first-order valence-electron chi connectivity index (χ1n) is 18.3. The van der Waals surface area contributed by atoms with Crippen LogP contribution in [0.15, 0.2) is 175 Å². The lowest BCUT2D eigenvalue weighted by Crippen LogP contribution is -1.91. The molecular weight excluding hydrogens is 665 g/mol. The second kappa shape index (κ2) is 10.2. The Hall–Kier alpha value is -7.30. The third-order valence-corrected chi connectivity index (χ3v) is 11.5. The van der Waals surface area contributed by atoms with Crippen LogP contribution in [0.1, 0.15) is 0 Å². The van der Waals surface area contributed by atoms with Gasteiger partial charge in [-0.3, -0.25) is 0 Å². The van der Waals surface area contributed by atoms with Crippen molar-refractivity contribution < 1.29 is 17.7 Å². The van der Waals surface area contributed by atoms with Crippen molar-refractivity contribution in [3.05, 3.63) is 158 Å². The fraction of sp³-hybridized carbons (Fsp3) is 0. The van der Waals surface area contributed by atoms with Crippen molar-refractivity contribution in [2.75, 3.05) is 0 Å². The third kappa shape index (κ3) is 3.57. The van der Waals surface area contributed by atoms with Gasteiger partial charge in [-0.25, -0.2) is 0 Å². The molecule has 13 aromatic rings. The molecule has 0 spiro atoms. The van der Waals surface area contributed by atoms with Crippen molar-refractivity contribution >= 4 is 109 Å². The first-order chi connectivity index (χ1) is 26.8. The van der Waals surface area contributed by atoms with Crippen molar-refractivity contribution in [1.82, 2.24) is 0 Å². The Balaban J connectivity index is 1.14. The van der Waals surface area contributed by atoms with Crippen LogP contribution in [0.5, 0.6) is 0 Å². The van der Waals surface area contributed by atoms with Gasteiger partial charge < -0.3 is 17.7 Å². The Morgan fingerprint density at radius 3 is 0.944 bits per heavy atom. The van der Waals surface area contributed by atoms with Crippen molar-refractivity contribution in [2.45, 2.75) is 0 Å². The normalized spacial score (nSPS) is 12.4. The van der Waals surface area contributed by atoms with Crippen molar-refractivity contribution in [3.8, 4) is 22.3 Å². The number of hydrogen-bond acceptors (Lipinski definition) is 4. The molecule has 4 nitrogen and oxygen atoms in total. The zero-order valence-electron chi connectivity index (χ0n) is 28.6. The Bertz CT molecular complexity index is 3430. The Kier molecular flexibility index (Phi) is 5.34. The monoisotopic (exact) mass is 690 g/mol. The van der Waals surface area contributed by atoms with E-state index >= 15 is 0 Å². The van der Waals surface area contributed by atoms with Gasteiger partial charge in [-0.1, -0.05) is 121 Å². The lowest BCUT2D eigenvalue weighted by molar-refractivity contribution is 0.663. The van der Waals surface area contributed by atoms with E-state index in [0.29, 0.717) is 0 Å². The molecule has 0 N–H and O–H groups in total. The van der Waals surface area contributed by atoms with E-state index in [1.165, 1.54) is 0 Å². The van der Waals surface area contributed by atoms with E-state index in [2.05, 4.69) is 109 Å². The molecule has 9 aromatic carbocycles. The average Bonchev–Trinajstić information content (AvgIpc) is 3.99. The van der Waals surface area contributed by atoms with Gasteiger partial charge in [0.15, 0.2) is 0 Å². The average molecular weight is 691 g/mol. The zero-order valence-corrected chi connectivity index (χ0v) is 28.6. The van der Waals surface area contributed by atoms with Crippen LogP contribution >= 0.6 is 0 Å². The summed E-state index contributed by atoms with van der Waals surface area (Å²) >= 11 is 0. The van der Waals surface area contributed by atoms with E-state index in [-0.39, 0.29) is 0 Å². The van der Waals surface area contributed by atoms with Gasteiger partial charge in [-0.15, -0.1) is 0 Å². The summed E-state index contributed by atoms with van der Waals surface area (Å²) in [6.45, 7) is 0. The Morgan fingerprint density at radius 2 is 0.537 bits per heavy atom. The van der Waals surface area contributed by atoms with Gasteiger partial charge in [0.25, 0.3) is 0 Å². The van der Waals surface area contributed by atoms with Crippen molar-refractivity contribution in [2.24, 2.45) is 0 Å². The van der Waals surface area contributed by atoms with E-state index in [4.69, 9.17) is 17.7 Å². The first kappa shape index (κ1) is 28.3. The van der Waals surface area contributed by atoms with Crippen LogP contribution in [0.2, 0.25) is 0 Å². The van der Waals surface area contributed by atoms with Gasteiger partial charge in [-0.2, -0.15) is 0 Å². The van der Waals surface area contributed by atoms with E-state index < -0.39 is 0 Å². The number of fused-ring (bicyclic) bond motifs is 16. The van der Waals surface area contributed by atoms with E-state index in [1.807, 2.05) is 48.5 Å². The van der Waals surface area contributed by atoms with Crippen molar-refractivity contribution in [1.29, 1.82) is 0 Å². The van der Waals surface area contributed by atoms with Crippen LogP contribution < -0.4 is 0 Å². The lowest BCUT2D eigenvalue weighted by atomic mass is 9.85. The second-order valence-electron chi connectivity index (χ2n) is 14.2. The number of furan rings is 4. The summed E-state index contributed by atoms with van der Waals surface area (Å²) in [7, 11) is 0.